The lowest BCUT2D eigenvalue weighted by Crippen LogP contribution is -2.32. The third-order valence-electron chi connectivity index (χ3n) is 4.29. The first kappa shape index (κ1) is 18.1. The fourth-order valence-electron chi connectivity index (χ4n) is 2.78. The number of amides is 1. The minimum absolute atomic E-state index is 0.116. The Bertz CT molecular complexity index is 698. The molecule has 1 aliphatic heterocycles. The van der Waals surface area contributed by atoms with E-state index in [0.29, 0.717) is 18.1 Å². The van der Waals surface area contributed by atoms with Crippen molar-refractivity contribution < 1.29 is 14.3 Å². The highest BCUT2D eigenvalue weighted by Crippen LogP contribution is 2.12. The fraction of sp³-hybridized carbons (Fsp3) is 0.421. The van der Waals surface area contributed by atoms with E-state index in [4.69, 9.17) is 9.47 Å². The van der Waals surface area contributed by atoms with Gasteiger partial charge < -0.3 is 20.1 Å². The normalized spacial score (nSPS) is 16.3. The minimum Gasteiger partial charge on any atom is -0.497 e. The van der Waals surface area contributed by atoms with Crippen LogP contribution in [0, 0.1) is 0 Å². The second-order valence-electron chi connectivity index (χ2n) is 6.17. The summed E-state index contributed by atoms with van der Waals surface area (Å²) in [5, 5.41) is 14.1. The van der Waals surface area contributed by atoms with Gasteiger partial charge in [-0.15, -0.1) is 10.2 Å². The van der Waals surface area contributed by atoms with Crippen LogP contribution in [0.5, 0.6) is 5.75 Å². The van der Waals surface area contributed by atoms with Crippen LogP contribution >= 0.6 is 0 Å². The predicted octanol–water partition coefficient (Wildman–Crippen LogP) is 2.05. The molecule has 2 heterocycles. The first-order valence-electron chi connectivity index (χ1n) is 8.85. The smallest absolute Gasteiger partial charge is 0.271 e. The van der Waals surface area contributed by atoms with Gasteiger partial charge in [0, 0.05) is 19.7 Å². The largest absolute Gasteiger partial charge is 0.497 e. The van der Waals surface area contributed by atoms with Gasteiger partial charge in [0.2, 0.25) is 0 Å². The van der Waals surface area contributed by atoms with Gasteiger partial charge in [-0.05, 0) is 49.1 Å². The standard InChI is InChI=1S/C19H24N4O3/c1-25-15-6-4-14(5-7-15)10-11-20-18-9-8-17(22-23-18)19(24)21-13-16-3-2-12-26-16/h4-9,16H,2-3,10-13H2,1H3,(H,20,23)(H,21,24). The molecule has 2 N–H and O–H groups in total. The summed E-state index contributed by atoms with van der Waals surface area (Å²) < 4.78 is 10.6. The number of nitrogens with zero attached hydrogens (tertiary/aromatic N) is 2. The van der Waals surface area contributed by atoms with Crippen molar-refractivity contribution >= 4 is 11.7 Å². The molecule has 26 heavy (non-hydrogen) atoms. The van der Waals surface area contributed by atoms with E-state index >= 15 is 0 Å². The fourth-order valence-corrected chi connectivity index (χ4v) is 2.78. The number of rotatable bonds is 8. The quantitative estimate of drug-likeness (QED) is 0.753. The lowest BCUT2D eigenvalue weighted by molar-refractivity contribution is 0.0853. The van der Waals surface area contributed by atoms with E-state index in [2.05, 4.69) is 20.8 Å². The molecule has 2 aromatic rings. The van der Waals surface area contributed by atoms with Crippen LogP contribution in [-0.2, 0) is 11.2 Å². The summed E-state index contributed by atoms with van der Waals surface area (Å²) in [7, 11) is 1.65. The van der Waals surface area contributed by atoms with Crippen molar-refractivity contribution in [3.05, 3.63) is 47.7 Å². The third kappa shape index (κ3) is 5.16. The van der Waals surface area contributed by atoms with Crippen molar-refractivity contribution in [3.8, 4) is 5.75 Å². The number of aromatic nitrogens is 2. The van der Waals surface area contributed by atoms with E-state index in [1.807, 2.05) is 24.3 Å². The zero-order valence-corrected chi connectivity index (χ0v) is 14.9. The van der Waals surface area contributed by atoms with Crippen LogP contribution in [0.3, 0.4) is 0 Å². The summed E-state index contributed by atoms with van der Waals surface area (Å²) in [5.41, 5.74) is 1.51. The summed E-state index contributed by atoms with van der Waals surface area (Å²) in [6.45, 7) is 2.02. The van der Waals surface area contributed by atoms with Crippen molar-refractivity contribution in [3.63, 3.8) is 0 Å². The van der Waals surface area contributed by atoms with Crippen molar-refractivity contribution in [2.24, 2.45) is 0 Å². The third-order valence-corrected chi connectivity index (χ3v) is 4.29. The number of hydrogen-bond acceptors (Lipinski definition) is 6. The molecule has 138 valence electrons. The molecule has 1 amide bonds. The van der Waals surface area contributed by atoms with E-state index in [1.165, 1.54) is 5.56 Å². The van der Waals surface area contributed by atoms with Crippen LogP contribution in [0.2, 0.25) is 0 Å². The molecule has 1 unspecified atom stereocenters. The molecular formula is C19H24N4O3. The van der Waals surface area contributed by atoms with Gasteiger partial charge in [0.1, 0.15) is 11.6 Å². The molecule has 0 saturated carbocycles. The summed E-state index contributed by atoms with van der Waals surface area (Å²) in [4.78, 5) is 12.1. The molecule has 0 bridgehead atoms. The molecule has 1 fully saturated rings. The van der Waals surface area contributed by atoms with Gasteiger partial charge in [-0.1, -0.05) is 12.1 Å². The van der Waals surface area contributed by atoms with Gasteiger partial charge in [-0.2, -0.15) is 0 Å². The van der Waals surface area contributed by atoms with Crippen molar-refractivity contribution in [1.29, 1.82) is 0 Å². The number of nitrogens with one attached hydrogen (secondary N) is 2. The zero-order chi connectivity index (χ0) is 18.2. The minimum atomic E-state index is -0.224. The summed E-state index contributed by atoms with van der Waals surface area (Å²) >= 11 is 0. The van der Waals surface area contributed by atoms with Crippen LogP contribution in [0.25, 0.3) is 0 Å². The molecule has 0 aliphatic carbocycles. The maximum absolute atomic E-state index is 12.1. The Balaban J connectivity index is 1.42. The molecule has 7 heteroatoms. The van der Waals surface area contributed by atoms with E-state index in [9.17, 15) is 4.79 Å². The first-order chi connectivity index (χ1) is 12.7. The molecule has 1 aromatic heterocycles. The highest BCUT2D eigenvalue weighted by molar-refractivity contribution is 5.92. The molecule has 1 atom stereocenters. The predicted molar refractivity (Wildman–Crippen MR) is 98.5 cm³/mol. The number of benzene rings is 1. The maximum Gasteiger partial charge on any atom is 0.271 e. The SMILES string of the molecule is COc1ccc(CCNc2ccc(C(=O)NCC3CCCO3)nn2)cc1. The topological polar surface area (TPSA) is 85.4 Å². The monoisotopic (exact) mass is 356 g/mol. The van der Waals surface area contributed by atoms with Crippen LogP contribution < -0.4 is 15.4 Å². The van der Waals surface area contributed by atoms with E-state index in [1.54, 1.807) is 19.2 Å². The summed E-state index contributed by atoms with van der Waals surface area (Å²) in [6, 6.07) is 11.4. The van der Waals surface area contributed by atoms with Crippen molar-refractivity contribution in [2.45, 2.75) is 25.4 Å². The van der Waals surface area contributed by atoms with Gasteiger partial charge in [-0.3, -0.25) is 4.79 Å². The Kier molecular flexibility index (Phi) is 6.38. The average Bonchev–Trinajstić information content (AvgIpc) is 3.21. The Hall–Kier alpha value is -2.67. The number of anilines is 1. The molecule has 1 aromatic carbocycles. The number of ether oxygens (including phenoxy) is 2. The maximum atomic E-state index is 12.1. The second-order valence-corrected chi connectivity index (χ2v) is 6.17. The van der Waals surface area contributed by atoms with Crippen LogP contribution in [0.15, 0.2) is 36.4 Å². The lowest BCUT2D eigenvalue weighted by Gasteiger charge is -2.10. The van der Waals surface area contributed by atoms with E-state index < -0.39 is 0 Å². The Labute approximate surface area is 153 Å². The van der Waals surface area contributed by atoms with Gasteiger partial charge in [-0.25, -0.2) is 0 Å². The molecule has 0 radical (unpaired) electrons. The molecule has 7 nitrogen and oxygen atoms in total. The Morgan fingerprint density at radius 2 is 2.08 bits per heavy atom. The van der Waals surface area contributed by atoms with Crippen LogP contribution in [0.1, 0.15) is 28.9 Å². The van der Waals surface area contributed by atoms with Crippen molar-refractivity contribution in [2.75, 3.05) is 32.1 Å². The molecule has 1 saturated heterocycles. The average molecular weight is 356 g/mol. The highest BCUT2D eigenvalue weighted by atomic mass is 16.5. The summed E-state index contributed by atoms with van der Waals surface area (Å²) in [6.07, 6.45) is 3.01. The number of carbonyl (C=O) groups is 1. The zero-order valence-electron chi connectivity index (χ0n) is 14.9. The number of hydrogen-bond donors (Lipinski definition) is 2. The molecule has 0 spiro atoms. The van der Waals surface area contributed by atoms with Crippen molar-refractivity contribution in [1.82, 2.24) is 15.5 Å². The lowest BCUT2D eigenvalue weighted by atomic mass is 10.1. The number of methoxy groups -OCH3 is 1. The summed E-state index contributed by atoms with van der Waals surface area (Å²) in [5.74, 6) is 1.27. The van der Waals surface area contributed by atoms with E-state index in [0.717, 1.165) is 38.2 Å². The van der Waals surface area contributed by atoms with Gasteiger partial charge >= 0.3 is 0 Å². The first-order valence-corrected chi connectivity index (χ1v) is 8.85. The van der Waals surface area contributed by atoms with Crippen LogP contribution in [0.4, 0.5) is 5.82 Å². The molecule has 1 aliphatic rings. The Morgan fingerprint density at radius 1 is 1.23 bits per heavy atom. The van der Waals surface area contributed by atoms with Crippen LogP contribution in [-0.4, -0.2) is 49.0 Å². The Morgan fingerprint density at radius 3 is 2.73 bits per heavy atom. The highest BCUT2D eigenvalue weighted by Gasteiger charge is 2.17. The van der Waals surface area contributed by atoms with Gasteiger partial charge in [0.15, 0.2) is 5.69 Å². The molecule has 3 rings (SSSR count). The van der Waals surface area contributed by atoms with Gasteiger partial charge in [0.25, 0.3) is 5.91 Å². The molecular weight excluding hydrogens is 332 g/mol. The van der Waals surface area contributed by atoms with E-state index in [-0.39, 0.29) is 12.0 Å². The second kappa shape index (κ2) is 9.15. The number of carbonyl (C=O) groups excluding carboxylic acids is 1. The van der Waals surface area contributed by atoms with Gasteiger partial charge in [0.05, 0.1) is 13.2 Å².